The average Bonchev–Trinajstić information content (AvgIpc) is 2.52. The molecule has 8 heteroatoms. The van der Waals surface area contributed by atoms with E-state index in [0.717, 1.165) is 0 Å². The molecule has 0 aliphatic rings. The molecule has 0 saturated heterocycles. The molecule has 110 valence electrons. The van der Waals surface area contributed by atoms with Gasteiger partial charge < -0.3 is 9.47 Å². The Morgan fingerprint density at radius 2 is 1.95 bits per heavy atom. The van der Waals surface area contributed by atoms with Crippen LogP contribution in [0.2, 0.25) is 0 Å². The number of carbonyl (C=O) groups is 2. The Hall–Kier alpha value is -2.53. The molecule has 0 heterocycles. The number of nitrogens with zero attached hydrogens (tertiary/aromatic N) is 2. The van der Waals surface area contributed by atoms with Crippen LogP contribution in [0.15, 0.2) is 23.2 Å². The van der Waals surface area contributed by atoms with Gasteiger partial charge in [0.1, 0.15) is 0 Å². The Morgan fingerprint density at radius 3 is 2.48 bits per heavy atom. The third kappa shape index (κ3) is 4.22. The van der Waals surface area contributed by atoms with Crippen LogP contribution in [-0.4, -0.2) is 37.6 Å². The van der Waals surface area contributed by atoms with E-state index < -0.39 is 11.9 Å². The van der Waals surface area contributed by atoms with Crippen LogP contribution in [-0.2, 0) is 9.47 Å². The van der Waals surface area contributed by atoms with Gasteiger partial charge in [0.15, 0.2) is 11.4 Å². The van der Waals surface area contributed by atoms with Gasteiger partial charge in [-0.15, -0.1) is 0 Å². The lowest BCUT2D eigenvalue weighted by atomic mass is 10.1. The van der Waals surface area contributed by atoms with E-state index in [1.54, 1.807) is 12.4 Å². The molecule has 1 aromatic rings. The van der Waals surface area contributed by atoms with Gasteiger partial charge in [0.25, 0.3) is 0 Å². The molecule has 1 N–H and O–H groups in total. The van der Waals surface area contributed by atoms with Crippen LogP contribution < -0.4 is 5.32 Å². The van der Waals surface area contributed by atoms with E-state index in [2.05, 4.69) is 19.8 Å². The van der Waals surface area contributed by atoms with Crippen LogP contribution in [0.5, 0.6) is 0 Å². The van der Waals surface area contributed by atoms with Gasteiger partial charge in [0.2, 0.25) is 0 Å². The van der Waals surface area contributed by atoms with Gasteiger partial charge in [-0.25, -0.2) is 14.6 Å². The van der Waals surface area contributed by atoms with E-state index >= 15 is 0 Å². The first-order valence-corrected chi connectivity index (χ1v) is 6.88. The van der Waals surface area contributed by atoms with E-state index in [0.29, 0.717) is 0 Å². The number of carbonyl (C=O) groups excluding carboxylic acids is 2. The highest BCUT2D eigenvalue weighted by molar-refractivity contribution is 8.13. The van der Waals surface area contributed by atoms with E-state index in [1.165, 1.54) is 44.2 Å². The molecule has 0 bridgehead atoms. The van der Waals surface area contributed by atoms with Gasteiger partial charge in [0.05, 0.1) is 31.0 Å². The Labute approximate surface area is 125 Å². The van der Waals surface area contributed by atoms with E-state index in [9.17, 15) is 9.59 Å². The number of benzene rings is 1. The van der Waals surface area contributed by atoms with Crippen LogP contribution >= 0.6 is 11.8 Å². The molecule has 0 aliphatic heterocycles. The molecule has 0 fully saturated rings. The maximum atomic E-state index is 11.7. The Kier molecular flexibility index (Phi) is 6.23. The fraction of sp³-hybridized carbons (Fsp3) is 0.231. The minimum Gasteiger partial charge on any atom is -0.465 e. The lowest BCUT2D eigenvalue weighted by Crippen LogP contribution is -2.13. The predicted molar refractivity (Wildman–Crippen MR) is 78.5 cm³/mol. The number of nitriles is 1. The van der Waals surface area contributed by atoms with Crippen LogP contribution in [0.4, 0.5) is 5.69 Å². The summed E-state index contributed by atoms with van der Waals surface area (Å²) in [7, 11) is 2.50. The lowest BCUT2D eigenvalue weighted by Gasteiger charge is -2.07. The summed E-state index contributed by atoms with van der Waals surface area (Å²) in [5.41, 5.74) is 0.620. The molecule has 0 radical (unpaired) electrons. The first-order chi connectivity index (χ1) is 10.1. The zero-order valence-corrected chi connectivity index (χ0v) is 12.5. The summed E-state index contributed by atoms with van der Waals surface area (Å²) >= 11 is 1.19. The number of rotatable bonds is 3. The third-order valence-corrected chi connectivity index (χ3v) is 2.98. The largest absolute Gasteiger partial charge is 0.465 e. The van der Waals surface area contributed by atoms with Crippen molar-refractivity contribution in [1.29, 1.82) is 5.26 Å². The molecule has 1 aromatic carbocycles. The minimum atomic E-state index is -0.595. The number of ether oxygens (including phenoxy) is 2. The highest BCUT2D eigenvalue weighted by Gasteiger charge is 2.16. The molecule has 21 heavy (non-hydrogen) atoms. The molecule has 1 rings (SSSR count). The lowest BCUT2D eigenvalue weighted by molar-refractivity contribution is 0.0587. The second kappa shape index (κ2) is 7.91. The molecular formula is C13H13N3O4S. The van der Waals surface area contributed by atoms with Crippen LogP contribution in [0.1, 0.15) is 20.7 Å². The van der Waals surface area contributed by atoms with Gasteiger partial charge in [-0.05, 0) is 24.5 Å². The summed E-state index contributed by atoms with van der Waals surface area (Å²) in [5, 5.41) is 11.3. The van der Waals surface area contributed by atoms with Crippen molar-refractivity contribution in [2.75, 3.05) is 20.5 Å². The number of methoxy groups -OCH3 is 2. The SMILES string of the molecule is COC(=O)c1ccc(C(=O)OC)c(N=C(NC#N)SC)c1. The summed E-state index contributed by atoms with van der Waals surface area (Å²) in [4.78, 5) is 27.4. The van der Waals surface area contributed by atoms with Crippen molar-refractivity contribution >= 4 is 34.6 Å². The van der Waals surface area contributed by atoms with Gasteiger partial charge in [-0.3, -0.25) is 5.32 Å². The maximum Gasteiger partial charge on any atom is 0.340 e. The Morgan fingerprint density at radius 1 is 1.29 bits per heavy atom. The van der Waals surface area contributed by atoms with Gasteiger partial charge in [-0.1, -0.05) is 11.8 Å². The zero-order valence-electron chi connectivity index (χ0n) is 11.7. The average molecular weight is 307 g/mol. The molecule has 0 aromatic heterocycles. The van der Waals surface area contributed by atoms with Crippen molar-refractivity contribution in [2.45, 2.75) is 0 Å². The molecule has 0 saturated carbocycles. The number of nitrogens with one attached hydrogen (secondary N) is 1. The second-order valence-corrected chi connectivity index (χ2v) is 4.37. The zero-order chi connectivity index (χ0) is 15.8. The molecule has 7 nitrogen and oxygen atoms in total. The summed E-state index contributed by atoms with van der Waals surface area (Å²) < 4.78 is 9.28. The number of hydrogen-bond donors (Lipinski definition) is 1. The fourth-order valence-corrected chi connectivity index (χ4v) is 1.77. The van der Waals surface area contributed by atoms with E-state index in [-0.39, 0.29) is 22.0 Å². The number of aliphatic imine (C=N–C) groups is 1. The van der Waals surface area contributed by atoms with Gasteiger partial charge in [-0.2, -0.15) is 5.26 Å². The van der Waals surface area contributed by atoms with E-state index in [4.69, 9.17) is 5.26 Å². The highest BCUT2D eigenvalue weighted by atomic mass is 32.2. The standard InChI is InChI=1S/C13H13N3O4S/c1-19-11(17)8-4-5-9(12(18)20-2)10(6-8)16-13(21-3)15-7-14/h4-6H,1-3H3,(H,15,16). The molecule has 0 amide bonds. The van der Waals surface area contributed by atoms with Crippen molar-refractivity contribution < 1.29 is 19.1 Å². The first kappa shape index (κ1) is 16.5. The molecule has 0 aliphatic carbocycles. The fourth-order valence-electron chi connectivity index (χ4n) is 1.43. The minimum absolute atomic E-state index is 0.177. The number of hydrogen-bond acceptors (Lipinski definition) is 7. The monoisotopic (exact) mass is 307 g/mol. The smallest absolute Gasteiger partial charge is 0.340 e. The van der Waals surface area contributed by atoms with Crippen molar-refractivity contribution in [3.63, 3.8) is 0 Å². The summed E-state index contributed by atoms with van der Waals surface area (Å²) in [6.07, 6.45) is 3.45. The Bertz CT molecular complexity index is 622. The Balaban J connectivity index is 3.38. The molecule has 0 unspecified atom stereocenters. The summed E-state index contributed by atoms with van der Waals surface area (Å²) in [6.45, 7) is 0. The highest BCUT2D eigenvalue weighted by Crippen LogP contribution is 2.23. The number of thioether (sulfide) groups is 1. The van der Waals surface area contributed by atoms with Crippen molar-refractivity contribution in [2.24, 2.45) is 4.99 Å². The molecule has 0 spiro atoms. The first-order valence-electron chi connectivity index (χ1n) is 5.65. The summed E-state index contributed by atoms with van der Waals surface area (Å²) in [6, 6.07) is 4.25. The topological polar surface area (TPSA) is 101 Å². The maximum absolute atomic E-state index is 11.7. The van der Waals surface area contributed by atoms with Crippen molar-refractivity contribution in [3.8, 4) is 6.19 Å². The summed E-state index contributed by atoms with van der Waals surface area (Å²) in [5.74, 6) is -1.15. The quantitative estimate of drug-likeness (QED) is 0.298. The third-order valence-electron chi connectivity index (χ3n) is 2.40. The van der Waals surface area contributed by atoms with Crippen LogP contribution in [0.3, 0.4) is 0 Å². The van der Waals surface area contributed by atoms with Crippen molar-refractivity contribution in [3.05, 3.63) is 29.3 Å². The van der Waals surface area contributed by atoms with Gasteiger partial charge >= 0.3 is 11.9 Å². The van der Waals surface area contributed by atoms with Crippen molar-refractivity contribution in [1.82, 2.24) is 5.32 Å². The second-order valence-electron chi connectivity index (χ2n) is 3.57. The predicted octanol–water partition coefficient (Wildman–Crippen LogP) is 1.68. The molecule has 0 atom stereocenters. The normalized spacial score (nSPS) is 10.5. The van der Waals surface area contributed by atoms with Crippen LogP contribution in [0.25, 0.3) is 0 Å². The number of amidine groups is 1. The van der Waals surface area contributed by atoms with Gasteiger partial charge in [0, 0.05) is 0 Å². The van der Waals surface area contributed by atoms with E-state index in [1.807, 2.05) is 0 Å². The van der Waals surface area contributed by atoms with Crippen LogP contribution in [0, 0.1) is 11.5 Å². The number of esters is 2. The molecular weight excluding hydrogens is 294 g/mol.